The molecule has 6 heteroatoms. The molecule has 1 aliphatic heterocycles. The Kier molecular flexibility index (Phi) is 4.04. The molecule has 110 valence electrons. The number of benzene rings is 1. The van der Waals surface area contributed by atoms with E-state index in [1.165, 1.54) is 6.07 Å². The van der Waals surface area contributed by atoms with Crippen molar-refractivity contribution in [3.05, 3.63) is 34.9 Å². The van der Waals surface area contributed by atoms with Crippen molar-refractivity contribution in [1.29, 1.82) is 0 Å². The zero-order valence-corrected chi connectivity index (χ0v) is 11.1. The lowest BCUT2D eigenvalue weighted by Gasteiger charge is -2.29. The summed E-state index contributed by atoms with van der Waals surface area (Å²) in [5, 5.41) is 3.02. The Balaban J connectivity index is 2.23. The molecule has 20 heavy (non-hydrogen) atoms. The van der Waals surface area contributed by atoms with Crippen molar-refractivity contribution in [1.82, 2.24) is 5.32 Å². The number of amides is 1. The van der Waals surface area contributed by atoms with E-state index in [0.717, 1.165) is 24.1 Å². The quantitative estimate of drug-likeness (QED) is 0.876. The first-order valence-electron chi connectivity index (χ1n) is 6.49. The molecule has 3 nitrogen and oxygen atoms in total. The highest BCUT2D eigenvalue weighted by Gasteiger charge is 2.32. The lowest BCUT2D eigenvalue weighted by Crippen LogP contribution is -2.46. The number of nitrogens with two attached hydrogens (primary N) is 1. The fraction of sp³-hybridized carbons (Fsp3) is 0.500. The van der Waals surface area contributed by atoms with Crippen LogP contribution in [0.4, 0.5) is 13.2 Å². The number of nitrogens with one attached hydrogen (secondary N) is 1. The minimum Gasteiger partial charge on any atom is -0.368 e. The van der Waals surface area contributed by atoms with Gasteiger partial charge in [-0.2, -0.15) is 13.2 Å². The summed E-state index contributed by atoms with van der Waals surface area (Å²) in [7, 11) is 0. The van der Waals surface area contributed by atoms with E-state index in [9.17, 15) is 18.0 Å². The number of halogens is 3. The van der Waals surface area contributed by atoms with Gasteiger partial charge in [-0.3, -0.25) is 4.79 Å². The lowest BCUT2D eigenvalue weighted by atomic mass is 9.83. The Morgan fingerprint density at radius 2 is 2.10 bits per heavy atom. The second-order valence-corrected chi connectivity index (χ2v) is 5.20. The van der Waals surface area contributed by atoms with Crippen LogP contribution in [0.3, 0.4) is 0 Å². The summed E-state index contributed by atoms with van der Waals surface area (Å²) in [6.45, 7) is 2.31. The average molecular weight is 286 g/mol. The number of primary amides is 1. The molecule has 0 spiro atoms. The molecule has 2 atom stereocenters. The number of hydrogen-bond acceptors (Lipinski definition) is 2. The normalized spacial score (nSPS) is 23.6. The largest absolute Gasteiger partial charge is 0.416 e. The van der Waals surface area contributed by atoms with E-state index in [4.69, 9.17) is 5.73 Å². The van der Waals surface area contributed by atoms with Crippen LogP contribution in [0.5, 0.6) is 0 Å². The number of aryl methyl sites for hydroxylation is 1. The van der Waals surface area contributed by atoms with E-state index in [-0.39, 0.29) is 5.92 Å². The molecule has 0 aliphatic carbocycles. The number of hydrogen-bond donors (Lipinski definition) is 2. The molecule has 1 aromatic carbocycles. The van der Waals surface area contributed by atoms with Crippen molar-refractivity contribution in [2.45, 2.75) is 37.9 Å². The Labute approximate surface area is 115 Å². The molecular formula is C14H17F3N2O. The minimum atomic E-state index is -4.33. The molecule has 0 aromatic heterocycles. The van der Waals surface area contributed by atoms with Gasteiger partial charge in [0.25, 0.3) is 0 Å². The summed E-state index contributed by atoms with van der Waals surface area (Å²) in [6.07, 6.45) is -3.01. The van der Waals surface area contributed by atoms with Gasteiger partial charge >= 0.3 is 6.18 Å². The van der Waals surface area contributed by atoms with Gasteiger partial charge in [-0.15, -0.1) is 0 Å². The third-order valence-electron chi connectivity index (χ3n) is 3.78. The zero-order chi connectivity index (χ0) is 14.9. The van der Waals surface area contributed by atoms with E-state index < -0.39 is 23.7 Å². The summed E-state index contributed by atoms with van der Waals surface area (Å²) in [4.78, 5) is 11.2. The maximum atomic E-state index is 12.6. The Bertz CT molecular complexity index is 514. The number of piperidine rings is 1. The number of carbonyl (C=O) groups excluding carboxylic acids is 1. The molecule has 2 rings (SSSR count). The van der Waals surface area contributed by atoms with Gasteiger partial charge in [-0.1, -0.05) is 6.07 Å². The van der Waals surface area contributed by atoms with Gasteiger partial charge in [-0.25, -0.2) is 0 Å². The van der Waals surface area contributed by atoms with Crippen LogP contribution in [-0.4, -0.2) is 18.5 Å². The van der Waals surface area contributed by atoms with Crippen LogP contribution < -0.4 is 11.1 Å². The second kappa shape index (κ2) is 5.44. The van der Waals surface area contributed by atoms with Gasteiger partial charge in [0.1, 0.15) is 0 Å². The van der Waals surface area contributed by atoms with Crippen molar-refractivity contribution in [2.75, 3.05) is 6.54 Å². The van der Waals surface area contributed by atoms with Crippen molar-refractivity contribution in [2.24, 2.45) is 5.73 Å². The van der Waals surface area contributed by atoms with Crippen molar-refractivity contribution in [3.8, 4) is 0 Å². The zero-order valence-electron chi connectivity index (χ0n) is 11.1. The molecule has 1 amide bonds. The molecule has 1 aliphatic rings. The summed E-state index contributed by atoms with van der Waals surface area (Å²) < 4.78 is 37.9. The molecule has 1 fully saturated rings. The minimum absolute atomic E-state index is 0.0658. The van der Waals surface area contributed by atoms with Crippen LogP contribution in [0, 0.1) is 6.92 Å². The van der Waals surface area contributed by atoms with E-state index >= 15 is 0 Å². The molecule has 0 bridgehead atoms. The third kappa shape index (κ3) is 3.12. The van der Waals surface area contributed by atoms with Crippen LogP contribution in [-0.2, 0) is 11.0 Å². The average Bonchev–Trinajstić information content (AvgIpc) is 2.37. The topological polar surface area (TPSA) is 55.1 Å². The first kappa shape index (κ1) is 14.8. The van der Waals surface area contributed by atoms with Crippen molar-refractivity contribution in [3.63, 3.8) is 0 Å². The molecule has 1 saturated heterocycles. The predicted octanol–water partition coefficient (Wildman–Crippen LogP) is 2.33. The number of carbonyl (C=O) groups is 1. The summed E-state index contributed by atoms with van der Waals surface area (Å²) >= 11 is 0. The highest BCUT2D eigenvalue weighted by molar-refractivity contribution is 5.80. The third-order valence-corrected chi connectivity index (χ3v) is 3.78. The van der Waals surface area contributed by atoms with Crippen LogP contribution in [0.1, 0.15) is 35.4 Å². The maximum absolute atomic E-state index is 12.6. The molecule has 0 saturated carbocycles. The first-order valence-corrected chi connectivity index (χ1v) is 6.49. The highest BCUT2D eigenvalue weighted by atomic mass is 19.4. The highest BCUT2D eigenvalue weighted by Crippen LogP contribution is 2.34. The van der Waals surface area contributed by atoms with E-state index in [2.05, 4.69) is 5.32 Å². The van der Waals surface area contributed by atoms with Crippen LogP contribution in [0.2, 0.25) is 0 Å². The summed E-state index contributed by atoms with van der Waals surface area (Å²) in [5.41, 5.74) is 6.11. The van der Waals surface area contributed by atoms with Crippen molar-refractivity contribution >= 4 is 5.91 Å². The van der Waals surface area contributed by atoms with Gasteiger partial charge in [0, 0.05) is 0 Å². The molecular weight excluding hydrogens is 269 g/mol. The maximum Gasteiger partial charge on any atom is 0.416 e. The molecule has 2 unspecified atom stereocenters. The van der Waals surface area contributed by atoms with E-state index in [0.29, 0.717) is 18.5 Å². The molecule has 1 heterocycles. The smallest absolute Gasteiger partial charge is 0.368 e. The van der Waals surface area contributed by atoms with Gasteiger partial charge in [0.15, 0.2) is 0 Å². The van der Waals surface area contributed by atoms with Crippen LogP contribution in [0.25, 0.3) is 0 Å². The number of rotatable bonds is 2. The van der Waals surface area contributed by atoms with Crippen molar-refractivity contribution < 1.29 is 18.0 Å². The molecule has 0 radical (unpaired) electrons. The van der Waals surface area contributed by atoms with Gasteiger partial charge < -0.3 is 11.1 Å². The molecule has 1 aromatic rings. The van der Waals surface area contributed by atoms with E-state index in [1.54, 1.807) is 6.92 Å². The van der Waals surface area contributed by atoms with Gasteiger partial charge in [0.2, 0.25) is 5.91 Å². The Morgan fingerprint density at radius 3 is 2.65 bits per heavy atom. The van der Waals surface area contributed by atoms with Gasteiger partial charge in [0.05, 0.1) is 11.6 Å². The van der Waals surface area contributed by atoms with E-state index in [1.807, 2.05) is 0 Å². The number of alkyl halides is 3. The van der Waals surface area contributed by atoms with Gasteiger partial charge in [-0.05, 0) is 55.5 Å². The Hall–Kier alpha value is -1.56. The Morgan fingerprint density at radius 1 is 1.40 bits per heavy atom. The first-order chi connectivity index (χ1) is 9.29. The fourth-order valence-electron chi connectivity index (χ4n) is 2.73. The van der Waals surface area contributed by atoms with Crippen LogP contribution in [0.15, 0.2) is 18.2 Å². The standard InChI is InChI=1S/C14H17F3N2O/c1-8-6-10(14(15,16)17)2-3-11(8)9-4-5-19-12(7-9)13(18)20/h2-3,6,9,12,19H,4-5,7H2,1H3,(H2,18,20). The predicted molar refractivity (Wildman–Crippen MR) is 69.1 cm³/mol. The molecule has 3 N–H and O–H groups in total. The summed E-state index contributed by atoms with van der Waals surface area (Å²) in [6, 6.07) is 3.38. The SMILES string of the molecule is Cc1cc(C(F)(F)F)ccc1C1CCNC(C(N)=O)C1. The lowest BCUT2D eigenvalue weighted by molar-refractivity contribution is -0.137. The van der Waals surface area contributed by atoms with Crippen LogP contribution >= 0.6 is 0 Å². The monoisotopic (exact) mass is 286 g/mol. The second-order valence-electron chi connectivity index (χ2n) is 5.20. The summed E-state index contributed by atoms with van der Waals surface area (Å²) in [5.74, 6) is -0.352. The fourth-order valence-corrected chi connectivity index (χ4v) is 2.73.